The Balaban J connectivity index is 1.76. The van der Waals surface area contributed by atoms with Crippen molar-refractivity contribution in [3.63, 3.8) is 0 Å². The van der Waals surface area contributed by atoms with Crippen LogP contribution in [0.2, 0.25) is 0 Å². The van der Waals surface area contributed by atoms with Crippen molar-refractivity contribution in [3.8, 4) is 5.75 Å². The Kier molecular flexibility index (Phi) is 5.21. The van der Waals surface area contributed by atoms with Gasteiger partial charge in [-0.1, -0.05) is 35.9 Å². The minimum Gasteiger partial charge on any atom is -0.492 e. The number of aryl methyl sites for hydroxylation is 1. The van der Waals surface area contributed by atoms with Crippen LogP contribution in [0.15, 0.2) is 54.6 Å². The van der Waals surface area contributed by atoms with Gasteiger partial charge in [0, 0.05) is 12.7 Å². The minimum absolute atomic E-state index is 0.143. The van der Waals surface area contributed by atoms with Crippen molar-refractivity contribution >= 4 is 11.7 Å². The van der Waals surface area contributed by atoms with Crippen molar-refractivity contribution in [3.05, 3.63) is 60.2 Å². The topological polar surface area (TPSA) is 41.6 Å². The van der Waals surface area contributed by atoms with E-state index in [0.29, 0.717) is 13.2 Å². The number of rotatable bonds is 5. The highest BCUT2D eigenvalue weighted by Gasteiger charge is 2.08. The van der Waals surface area contributed by atoms with Crippen molar-refractivity contribution in [2.75, 3.05) is 25.5 Å². The number of nitrogens with one attached hydrogen (secondary N) is 1. The molecule has 0 aliphatic heterocycles. The van der Waals surface area contributed by atoms with Crippen LogP contribution in [0.5, 0.6) is 5.75 Å². The number of benzene rings is 2. The number of hydrogen-bond acceptors (Lipinski definition) is 2. The second kappa shape index (κ2) is 7.33. The number of amides is 2. The maximum Gasteiger partial charge on any atom is 0.321 e. The minimum atomic E-state index is -0.143. The number of nitrogens with zero attached hydrogens (tertiary/aromatic N) is 1. The molecule has 0 aromatic heterocycles. The SMILES string of the molecule is Cc1ccc(NC(=O)N(C)CCOc2ccccc2)cc1. The molecule has 21 heavy (non-hydrogen) atoms. The second-order valence-electron chi connectivity index (χ2n) is 4.88. The lowest BCUT2D eigenvalue weighted by Gasteiger charge is -2.18. The summed E-state index contributed by atoms with van der Waals surface area (Å²) >= 11 is 0. The summed E-state index contributed by atoms with van der Waals surface area (Å²) < 4.78 is 5.57. The molecule has 0 bridgehead atoms. The largest absolute Gasteiger partial charge is 0.492 e. The smallest absolute Gasteiger partial charge is 0.321 e. The van der Waals surface area contributed by atoms with Crippen molar-refractivity contribution in [1.82, 2.24) is 4.90 Å². The van der Waals surface area contributed by atoms with Gasteiger partial charge in [-0.2, -0.15) is 0 Å². The lowest BCUT2D eigenvalue weighted by molar-refractivity contribution is 0.207. The predicted molar refractivity (Wildman–Crippen MR) is 84.8 cm³/mol. The third-order valence-corrected chi connectivity index (χ3v) is 3.09. The summed E-state index contributed by atoms with van der Waals surface area (Å²) in [6.45, 7) is 2.99. The predicted octanol–water partition coefficient (Wildman–Crippen LogP) is 3.54. The standard InChI is InChI=1S/C17H20N2O2/c1-14-8-10-15(11-9-14)18-17(20)19(2)12-13-21-16-6-4-3-5-7-16/h3-11H,12-13H2,1-2H3,(H,18,20). The number of carbonyl (C=O) groups is 1. The van der Waals surface area contributed by atoms with Gasteiger partial charge in [0.05, 0.1) is 6.54 Å². The van der Waals surface area contributed by atoms with Crippen molar-refractivity contribution in [1.29, 1.82) is 0 Å². The maximum absolute atomic E-state index is 12.0. The van der Waals surface area contributed by atoms with Gasteiger partial charge in [-0.25, -0.2) is 4.79 Å². The molecule has 0 heterocycles. The molecule has 2 amide bonds. The average molecular weight is 284 g/mol. The van der Waals surface area contributed by atoms with Crippen LogP contribution in [0.3, 0.4) is 0 Å². The number of para-hydroxylation sites is 1. The van der Waals surface area contributed by atoms with E-state index >= 15 is 0 Å². The highest BCUT2D eigenvalue weighted by molar-refractivity contribution is 5.89. The summed E-state index contributed by atoms with van der Waals surface area (Å²) in [7, 11) is 1.75. The third-order valence-electron chi connectivity index (χ3n) is 3.09. The lowest BCUT2D eigenvalue weighted by atomic mass is 10.2. The van der Waals surface area contributed by atoms with Crippen LogP contribution in [0.4, 0.5) is 10.5 Å². The van der Waals surface area contributed by atoms with Crippen LogP contribution in [-0.2, 0) is 0 Å². The molecular weight excluding hydrogens is 264 g/mol. The molecule has 0 atom stereocenters. The van der Waals surface area contributed by atoms with Gasteiger partial charge in [-0.15, -0.1) is 0 Å². The zero-order valence-electron chi connectivity index (χ0n) is 12.4. The quantitative estimate of drug-likeness (QED) is 0.912. The molecule has 4 nitrogen and oxygen atoms in total. The molecule has 0 saturated heterocycles. The van der Waals surface area contributed by atoms with Crippen LogP contribution in [0.25, 0.3) is 0 Å². The van der Waals surface area contributed by atoms with Crippen LogP contribution >= 0.6 is 0 Å². The Morgan fingerprint density at radius 2 is 1.76 bits per heavy atom. The van der Waals surface area contributed by atoms with E-state index in [2.05, 4.69) is 5.32 Å². The molecule has 2 aromatic rings. The Morgan fingerprint density at radius 3 is 2.43 bits per heavy atom. The molecule has 0 aliphatic carbocycles. The molecular formula is C17H20N2O2. The normalized spacial score (nSPS) is 10.0. The molecule has 4 heteroatoms. The summed E-state index contributed by atoms with van der Waals surface area (Å²) in [5.41, 5.74) is 1.96. The number of anilines is 1. The number of ether oxygens (including phenoxy) is 1. The highest BCUT2D eigenvalue weighted by atomic mass is 16.5. The molecule has 0 spiro atoms. The first-order valence-electron chi connectivity index (χ1n) is 6.92. The Morgan fingerprint density at radius 1 is 1.10 bits per heavy atom. The molecule has 0 saturated carbocycles. The van der Waals surface area contributed by atoms with Gasteiger partial charge in [0.1, 0.15) is 12.4 Å². The monoisotopic (exact) mass is 284 g/mol. The summed E-state index contributed by atoms with van der Waals surface area (Å²) in [6.07, 6.45) is 0. The molecule has 0 fully saturated rings. The van der Waals surface area contributed by atoms with Crippen LogP contribution < -0.4 is 10.1 Å². The van der Waals surface area contributed by atoms with E-state index in [0.717, 1.165) is 17.0 Å². The van der Waals surface area contributed by atoms with E-state index in [-0.39, 0.29) is 6.03 Å². The van der Waals surface area contributed by atoms with E-state index in [1.807, 2.05) is 61.5 Å². The van der Waals surface area contributed by atoms with Crippen LogP contribution in [-0.4, -0.2) is 31.1 Å². The van der Waals surface area contributed by atoms with Crippen molar-refractivity contribution < 1.29 is 9.53 Å². The summed E-state index contributed by atoms with van der Waals surface area (Å²) in [6, 6.07) is 17.1. The Bertz CT molecular complexity index is 567. The molecule has 0 radical (unpaired) electrons. The fourth-order valence-electron chi connectivity index (χ4n) is 1.77. The number of urea groups is 1. The summed E-state index contributed by atoms with van der Waals surface area (Å²) in [5.74, 6) is 0.810. The lowest BCUT2D eigenvalue weighted by Crippen LogP contribution is -2.34. The highest BCUT2D eigenvalue weighted by Crippen LogP contribution is 2.10. The fraction of sp³-hybridized carbons (Fsp3) is 0.235. The van der Waals surface area contributed by atoms with E-state index < -0.39 is 0 Å². The Labute approximate surface area is 125 Å². The number of likely N-dealkylation sites (N-methyl/N-ethyl adjacent to an activating group) is 1. The third kappa shape index (κ3) is 4.84. The molecule has 0 unspecified atom stereocenters. The van der Waals surface area contributed by atoms with Gasteiger partial charge >= 0.3 is 6.03 Å². The van der Waals surface area contributed by atoms with Crippen LogP contribution in [0.1, 0.15) is 5.56 Å². The first-order valence-corrected chi connectivity index (χ1v) is 6.92. The van der Waals surface area contributed by atoms with E-state index in [4.69, 9.17) is 4.74 Å². The van der Waals surface area contributed by atoms with Crippen LogP contribution in [0, 0.1) is 6.92 Å². The number of hydrogen-bond donors (Lipinski definition) is 1. The van der Waals surface area contributed by atoms with E-state index in [9.17, 15) is 4.79 Å². The first kappa shape index (κ1) is 14.9. The van der Waals surface area contributed by atoms with Crippen molar-refractivity contribution in [2.24, 2.45) is 0 Å². The van der Waals surface area contributed by atoms with Gasteiger partial charge in [0.25, 0.3) is 0 Å². The van der Waals surface area contributed by atoms with Gasteiger partial charge in [-0.05, 0) is 31.2 Å². The molecule has 110 valence electrons. The molecule has 2 rings (SSSR count). The zero-order chi connectivity index (χ0) is 15.1. The van der Waals surface area contributed by atoms with Gasteiger partial charge < -0.3 is 15.0 Å². The number of carbonyl (C=O) groups excluding carboxylic acids is 1. The molecule has 0 aliphatic rings. The van der Waals surface area contributed by atoms with Gasteiger partial charge in [0.15, 0.2) is 0 Å². The van der Waals surface area contributed by atoms with E-state index in [1.165, 1.54) is 0 Å². The summed E-state index contributed by atoms with van der Waals surface area (Å²) in [5, 5.41) is 2.85. The second-order valence-corrected chi connectivity index (χ2v) is 4.88. The molecule has 2 aromatic carbocycles. The zero-order valence-corrected chi connectivity index (χ0v) is 12.4. The first-order chi connectivity index (χ1) is 10.1. The van der Waals surface area contributed by atoms with Gasteiger partial charge in [0.2, 0.25) is 0 Å². The molecule has 1 N–H and O–H groups in total. The fourth-order valence-corrected chi connectivity index (χ4v) is 1.77. The van der Waals surface area contributed by atoms with E-state index in [1.54, 1.807) is 11.9 Å². The Hall–Kier alpha value is -2.49. The maximum atomic E-state index is 12.0. The van der Waals surface area contributed by atoms with Gasteiger partial charge in [-0.3, -0.25) is 0 Å². The average Bonchev–Trinajstić information content (AvgIpc) is 2.50. The summed E-state index contributed by atoms with van der Waals surface area (Å²) in [4.78, 5) is 13.6. The van der Waals surface area contributed by atoms with Crippen molar-refractivity contribution in [2.45, 2.75) is 6.92 Å².